The molecule has 0 bridgehead atoms. The summed E-state index contributed by atoms with van der Waals surface area (Å²) in [6, 6.07) is 19.9. The minimum Gasteiger partial charge on any atom is -0.422 e. The van der Waals surface area contributed by atoms with Crippen LogP contribution in [0.15, 0.2) is 75.9 Å². The van der Waals surface area contributed by atoms with E-state index in [1.807, 2.05) is 36.4 Å². The monoisotopic (exact) mass is 790 g/mol. The topological polar surface area (TPSA) is 73.6 Å². The molecular formula is C26H17I3O5. The largest absolute Gasteiger partial charge is 0.422 e. The van der Waals surface area contributed by atoms with Crippen LogP contribution in [-0.4, -0.2) is 11.8 Å². The molecule has 0 aliphatic carbocycles. The van der Waals surface area contributed by atoms with Crippen LogP contribution in [0.5, 0.6) is 5.75 Å². The van der Waals surface area contributed by atoms with Crippen molar-refractivity contribution >= 4 is 90.5 Å². The van der Waals surface area contributed by atoms with Crippen molar-refractivity contribution in [1.82, 2.24) is 0 Å². The molecule has 4 aromatic rings. The molecule has 172 valence electrons. The van der Waals surface area contributed by atoms with E-state index in [9.17, 15) is 14.4 Å². The number of carbonyl (C=O) groups is 2. The number of carbonyl (C=O) groups excluding carboxylic acids is 2. The third kappa shape index (κ3) is 5.38. The van der Waals surface area contributed by atoms with Crippen LogP contribution in [0.4, 0.5) is 0 Å². The van der Waals surface area contributed by atoms with Crippen molar-refractivity contribution in [2.75, 3.05) is 0 Å². The number of fused-ring (bicyclic) bond motifs is 1. The number of benzene rings is 3. The summed E-state index contributed by atoms with van der Waals surface area (Å²) in [6.45, 7) is 1.47. The molecule has 8 heteroatoms. The lowest BCUT2D eigenvalue weighted by Gasteiger charge is -2.20. The van der Waals surface area contributed by atoms with Crippen molar-refractivity contribution < 1.29 is 18.7 Å². The molecule has 4 rings (SSSR count). The molecule has 0 radical (unpaired) electrons. The minimum absolute atomic E-state index is 0.0658. The molecule has 0 amide bonds. The number of esters is 1. The number of ketones is 1. The summed E-state index contributed by atoms with van der Waals surface area (Å²) >= 11 is 6.44. The van der Waals surface area contributed by atoms with Crippen LogP contribution < -0.4 is 10.4 Å². The van der Waals surface area contributed by atoms with Crippen molar-refractivity contribution in [3.05, 3.63) is 105 Å². The van der Waals surface area contributed by atoms with E-state index in [4.69, 9.17) is 9.15 Å². The summed E-state index contributed by atoms with van der Waals surface area (Å²) < 4.78 is 14.2. The highest BCUT2D eigenvalue weighted by Gasteiger charge is 2.29. The summed E-state index contributed by atoms with van der Waals surface area (Å²) in [7, 11) is 0. The van der Waals surface area contributed by atoms with Gasteiger partial charge in [0.25, 0.3) is 0 Å². The van der Waals surface area contributed by atoms with Gasteiger partial charge in [-0.15, -0.1) is 0 Å². The zero-order chi connectivity index (χ0) is 24.4. The second-order valence-corrected chi connectivity index (χ2v) is 11.1. The maximum Gasteiger partial charge on any atom is 0.344 e. The molecule has 1 atom stereocenters. The fourth-order valence-corrected chi connectivity index (χ4v) is 6.13. The Morgan fingerprint density at radius 3 is 2.35 bits per heavy atom. The molecule has 0 spiro atoms. The van der Waals surface area contributed by atoms with Gasteiger partial charge >= 0.3 is 11.6 Å². The van der Waals surface area contributed by atoms with Crippen LogP contribution >= 0.6 is 67.8 Å². The Balaban J connectivity index is 1.95. The van der Waals surface area contributed by atoms with Crippen LogP contribution in [-0.2, 0) is 4.79 Å². The molecule has 0 aliphatic heterocycles. The van der Waals surface area contributed by atoms with Crippen molar-refractivity contribution in [2.45, 2.75) is 19.3 Å². The first-order chi connectivity index (χ1) is 16.3. The number of hydrogen-bond acceptors (Lipinski definition) is 5. The number of ether oxygens (including phenoxy) is 1. The zero-order valence-corrected chi connectivity index (χ0v) is 24.3. The number of rotatable bonds is 6. The Hall–Kier alpha value is -1.80. The molecule has 0 fully saturated rings. The van der Waals surface area contributed by atoms with Gasteiger partial charge in [0, 0.05) is 23.0 Å². The van der Waals surface area contributed by atoms with Crippen molar-refractivity contribution in [2.24, 2.45) is 0 Å². The van der Waals surface area contributed by atoms with Gasteiger partial charge in [-0.3, -0.25) is 4.79 Å². The molecule has 5 nitrogen and oxygen atoms in total. The van der Waals surface area contributed by atoms with E-state index in [1.165, 1.54) is 6.92 Å². The molecule has 1 heterocycles. The lowest BCUT2D eigenvalue weighted by atomic mass is 9.87. The van der Waals surface area contributed by atoms with Gasteiger partial charge in [0.15, 0.2) is 5.75 Å². The van der Waals surface area contributed by atoms with Gasteiger partial charge in [-0.1, -0.05) is 42.5 Å². The van der Waals surface area contributed by atoms with E-state index in [0.29, 0.717) is 16.5 Å². The highest BCUT2D eigenvalue weighted by atomic mass is 127. The molecule has 0 saturated heterocycles. The van der Waals surface area contributed by atoms with Gasteiger partial charge in [-0.25, -0.2) is 9.59 Å². The first-order valence-corrected chi connectivity index (χ1v) is 13.5. The normalized spacial score (nSPS) is 11.9. The fourth-order valence-electron chi connectivity index (χ4n) is 3.76. The van der Waals surface area contributed by atoms with E-state index in [-0.39, 0.29) is 23.5 Å². The third-order valence-electron chi connectivity index (χ3n) is 5.25. The highest BCUT2D eigenvalue weighted by molar-refractivity contribution is 14.1. The van der Waals surface area contributed by atoms with Gasteiger partial charge in [-0.05, 0) is 105 Å². The second-order valence-electron chi connectivity index (χ2n) is 7.64. The molecule has 0 aliphatic rings. The molecule has 3 aromatic carbocycles. The Labute approximate surface area is 236 Å². The lowest BCUT2D eigenvalue weighted by Crippen LogP contribution is -2.21. The minimum atomic E-state index is -0.636. The van der Waals surface area contributed by atoms with Crippen LogP contribution in [0, 0.1) is 10.7 Å². The number of para-hydroxylation sites is 1. The molecule has 1 unspecified atom stereocenters. The standard InChI is InChI=1S/C26H17I3O5/c1-14(30)11-18(15-7-3-2-4-8-15)22-24(17-9-5-6-10-21(17)33-26(22)32)34-25(31)19-12-16(27)13-20(28)23(19)29/h2-10,12-13,18H,11H2,1H3. The number of halogens is 3. The summed E-state index contributed by atoms with van der Waals surface area (Å²) in [5.74, 6) is -1.18. The molecule has 1 aromatic heterocycles. The van der Waals surface area contributed by atoms with E-state index < -0.39 is 17.5 Å². The van der Waals surface area contributed by atoms with Gasteiger partial charge in [-0.2, -0.15) is 0 Å². The smallest absolute Gasteiger partial charge is 0.344 e. The average molecular weight is 790 g/mol. The molecule has 0 saturated carbocycles. The number of Topliss-reactive ketones (excluding diaryl/α,β-unsaturated/α-hetero) is 1. The number of hydrogen-bond donors (Lipinski definition) is 0. The summed E-state index contributed by atoms with van der Waals surface area (Å²) in [6.07, 6.45) is 0.0658. The van der Waals surface area contributed by atoms with E-state index in [1.54, 1.807) is 30.3 Å². The van der Waals surface area contributed by atoms with Crippen molar-refractivity contribution in [3.63, 3.8) is 0 Å². The maximum atomic E-state index is 13.4. The van der Waals surface area contributed by atoms with Crippen LogP contribution in [0.3, 0.4) is 0 Å². The Bertz CT molecular complexity index is 1460. The summed E-state index contributed by atoms with van der Waals surface area (Å²) in [5.41, 5.74) is 0.992. The van der Waals surface area contributed by atoms with Crippen LogP contribution in [0.25, 0.3) is 11.0 Å². The first-order valence-electron chi connectivity index (χ1n) is 10.2. The summed E-state index contributed by atoms with van der Waals surface area (Å²) in [4.78, 5) is 38.9. The third-order valence-corrected chi connectivity index (χ3v) is 8.92. The van der Waals surface area contributed by atoms with Gasteiger partial charge < -0.3 is 9.15 Å². The predicted octanol–water partition coefficient (Wildman–Crippen LogP) is 6.94. The Morgan fingerprint density at radius 1 is 0.971 bits per heavy atom. The first kappa shape index (κ1) is 25.3. The van der Waals surface area contributed by atoms with Crippen LogP contribution in [0.2, 0.25) is 0 Å². The Kier molecular flexibility index (Phi) is 8.08. The zero-order valence-electron chi connectivity index (χ0n) is 17.8. The summed E-state index contributed by atoms with van der Waals surface area (Å²) in [5, 5.41) is 0.491. The SMILES string of the molecule is CC(=O)CC(c1ccccc1)c1c(OC(=O)c2cc(I)cc(I)c2I)c2ccccc2oc1=O. The van der Waals surface area contributed by atoms with E-state index >= 15 is 0 Å². The van der Waals surface area contributed by atoms with Crippen molar-refractivity contribution in [1.29, 1.82) is 0 Å². The van der Waals surface area contributed by atoms with Gasteiger partial charge in [0.1, 0.15) is 11.4 Å². The van der Waals surface area contributed by atoms with E-state index in [2.05, 4.69) is 67.8 Å². The quantitative estimate of drug-likeness (QED) is 0.0917. The maximum absolute atomic E-state index is 13.4. The molecule has 34 heavy (non-hydrogen) atoms. The Morgan fingerprint density at radius 2 is 1.65 bits per heavy atom. The molecule has 0 N–H and O–H groups in total. The van der Waals surface area contributed by atoms with E-state index in [0.717, 1.165) is 16.3 Å². The van der Waals surface area contributed by atoms with Gasteiger partial charge in [0.05, 0.1) is 16.5 Å². The second kappa shape index (κ2) is 10.9. The van der Waals surface area contributed by atoms with Crippen molar-refractivity contribution in [3.8, 4) is 5.75 Å². The fraction of sp³-hybridized carbons (Fsp3) is 0.115. The van der Waals surface area contributed by atoms with Gasteiger partial charge in [0.2, 0.25) is 0 Å². The predicted molar refractivity (Wildman–Crippen MR) is 156 cm³/mol. The highest BCUT2D eigenvalue weighted by Crippen LogP contribution is 2.38. The molecular weight excluding hydrogens is 773 g/mol. The lowest BCUT2D eigenvalue weighted by molar-refractivity contribution is -0.117. The average Bonchev–Trinajstić information content (AvgIpc) is 2.80. The van der Waals surface area contributed by atoms with Crippen LogP contribution in [0.1, 0.15) is 40.7 Å².